The van der Waals surface area contributed by atoms with Crippen LogP contribution >= 0.6 is 24.8 Å². The summed E-state index contributed by atoms with van der Waals surface area (Å²) in [6.07, 6.45) is 8.95. The van der Waals surface area contributed by atoms with Crippen molar-refractivity contribution in [2.45, 2.75) is 49.6 Å². The van der Waals surface area contributed by atoms with E-state index in [9.17, 15) is 0 Å². The second-order valence-corrected chi connectivity index (χ2v) is 40.3. The molecule has 2 aromatic rings. The maximum Gasteiger partial charge on any atom is -0.147 e. The van der Waals surface area contributed by atoms with Crippen molar-refractivity contribution in [3.63, 3.8) is 0 Å². The molecule has 0 saturated heterocycles. The van der Waals surface area contributed by atoms with Crippen LogP contribution in [-0.2, 0) is 17.4 Å². The van der Waals surface area contributed by atoms with E-state index in [1.807, 2.05) is 0 Å². The first-order chi connectivity index (χ1) is 12.8. The summed E-state index contributed by atoms with van der Waals surface area (Å²) in [6, 6.07) is 18.4. The van der Waals surface area contributed by atoms with E-state index in [-0.39, 0.29) is 24.8 Å². The van der Waals surface area contributed by atoms with Crippen LogP contribution in [0.5, 0.6) is 0 Å². The maximum absolute atomic E-state index is 3.19. The summed E-state index contributed by atoms with van der Waals surface area (Å²) in [6.45, 7) is 7.10. The Morgan fingerprint density at radius 2 is 1.55 bits per heavy atom. The Hall–Kier alpha value is -0.400. The van der Waals surface area contributed by atoms with Gasteiger partial charge in [-0.05, 0) is 0 Å². The maximum atomic E-state index is 2.71. The van der Waals surface area contributed by atoms with Gasteiger partial charge in [0.05, 0.1) is 0 Å². The van der Waals surface area contributed by atoms with Crippen LogP contribution in [0.3, 0.4) is 0 Å². The van der Waals surface area contributed by atoms with Gasteiger partial charge < -0.3 is 0 Å². The van der Waals surface area contributed by atoms with E-state index in [0.29, 0.717) is 7.25 Å². The zero-order valence-corrected chi connectivity index (χ0v) is 23.6. The summed E-state index contributed by atoms with van der Waals surface area (Å²) < 4.78 is 6.73. The first-order valence-electron chi connectivity index (χ1n) is 10.5. The van der Waals surface area contributed by atoms with Gasteiger partial charge in [0.25, 0.3) is 0 Å². The summed E-state index contributed by atoms with van der Waals surface area (Å²) in [5.74, 6) is 0. The van der Waals surface area contributed by atoms with Crippen LogP contribution in [0.25, 0.3) is 11.6 Å². The predicted octanol–water partition coefficient (Wildman–Crippen LogP) is 7.65. The van der Waals surface area contributed by atoms with Gasteiger partial charge in [-0.1, -0.05) is 0 Å². The molecule has 0 saturated carbocycles. The number of allylic oxidation sites excluding steroid dienone is 3. The Bertz CT molecular complexity index is 1030. The van der Waals surface area contributed by atoms with Crippen molar-refractivity contribution in [3.8, 4) is 0 Å². The molecular weight excluding hydrogens is 490 g/mol. The van der Waals surface area contributed by atoms with E-state index in [1.54, 1.807) is 27.8 Å². The topological polar surface area (TPSA) is 0 Å². The largest absolute Gasteiger partial charge is 0.147 e. The molecular formula is C25H34Cl2SiZr. The molecule has 0 amide bonds. The number of halogens is 2. The average Bonchev–Trinajstić information content (AvgIpc) is 3.18. The molecule has 0 heterocycles. The Labute approximate surface area is 191 Å². The number of hydrogen-bond acceptors (Lipinski definition) is 0. The first kappa shape index (κ1) is 24.9. The van der Waals surface area contributed by atoms with Crippen LogP contribution < -0.4 is 0 Å². The number of benzene rings is 2. The fraction of sp³-hybridized carbons (Fsp3) is 0.360. The van der Waals surface area contributed by atoms with Gasteiger partial charge in [0, 0.05) is 0 Å². The van der Waals surface area contributed by atoms with Crippen molar-refractivity contribution in [3.05, 3.63) is 82.4 Å². The van der Waals surface area contributed by atoms with Crippen molar-refractivity contribution < 1.29 is 17.4 Å². The molecule has 2 aliphatic rings. The van der Waals surface area contributed by atoms with Gasteiger partial charge in [0.1, 0.15) is 0 Å². The smallest absolute Gasteiger partial charge is 0.147 e. The SMILES string of the molecule is CCCCC1=C[CH]([Zr]([CH3])([CH3])(=[SiH2])[CH]2C(C)=Cc3ccccc32)c2ccccc21.Cl.Cl. The van der Waals surface area contributed by atoms with Crippen LogP contribution in [-0.4, -0.2) is 6.88 Å². The van der Waals surface area contributed by atoms with Crippen molar-refractivity contribution in [1.29, 1.82) is 0 Å². The molecule has 2 aliphatic carbocycles. The van der Waals surface area contributed by atoms with Gasteiger partial charge in [-0.15, -0.1) is 24.8 Å². The minimum atomic E-state index is -3.19. The van der Waals surface area contributed by atoms with Crippen LogP contribution in [0.1, 0.15) is 62.6 Å². The summed E-state index contributed by atoms with van der Waals surface area (Å²) >= 11 is -3.19. The van der Waals surface area contributed by atoms with Crippen molar-refractivity contribution in [1.82, 2.24) is 0 Å². The molecule has 2 unspecified atom stereocenters. The van der Waals surface area contributed by atoms with Crippen LogP contribution in [0.4, 0.5) is 0 Å². The van der Waals surface area contributed by atoms with E-state index >= 15 is 0 Å². The average molecular weight is 525 g/mol. The monoisotopic (exact) mass is 522 g/mol. The Morgan fingerprint density at radius 3 is 2.24 bits per heavy atom. The molecule has 0 aromatic heterocycles. The first-order valence-corrected chi connectivity index (χ1v) is 24.1. The zero-order valence-electron chi connectivity index (χ0n) is 18.1. The van der Waals surface area contributed by atoms with Crippen LogP contribution in [0.2, 0.25) is 9.26 Å². The second kappa shape index (κ2) is 8.99. The fourth-order valence-electron chi connectivity index (χ4n) is 5.73. The van der Waals surface area contributed by atoms with Gasteiger partial charge in [0.2, 0.25) is 0 Å². The van der Waals surface area contributed by atoms with Crippen molar-refractivity contribution in [2.75, 3.05) is 0 Å². The Balaban J connectivity index is 0.00000150. The third kappa shape index (κ3) is 4.20. The molecule has 156 valence electrons. The number of hydrogen-bond donors (Lipinski definition) is 0. The molecule has 0 fully saturated rings. The Kier molecular flexibility index (Phi) is 7.71. The molecule has 0 spiro atoms. The van der Waals surface area contributed by atoms with E-state index < -0.39 is 17.4 Å². The van der Waals surface area contributed by atoms with E-state index in [0.717, 1.165) is 0 Å². The summed E-state index contributed by atoms with van der Waals surface area (Å²) in [4.78, 5) is 0. The third-order valence-electron chi connectivity index (χ3n) is 6.92. The van der Waals surface area contributed by atoms with Crippen molar-refractivity contribution in [2.24, 2.45) is 0 Å². The molecule has 0 N–H and O–H groups in total. The molecule has 0 nitrogen and oxygen atoms in total. The van der Waals surface area contributed by atoms with Gasteiger partial charge in [-0.2, -0.15) is 0 Å². The van der Waals surface area contributed by atoms with Gasteiger partial charge in [-0.3, -0.25) is 0 Å². The molecule has 4 heteroatoms. The second-order valence-electron chi connectivity index (χ2n) is 9.75. The number of fused-ring (bicyclic) bond motifs is 2. The molecule has 0 radical (unpaired) electrons. The van der Waals surface area contributed by atoms with Gasteiger partial charge >= 0.3 is 168 Å². The number of unbranched alkanes of at least 4 members (excludes halogenated alkanes) is 1. The summed E-state index contributed by atoms with van der Waals surface area (Å²) in [5, 5.41) is 0. The van der Waals surface area contributed by atoms with Gasteiger partial charge in [0.15, 0.2) is 0 Å². The standard InChI is InChI=1S/C13H15.C10H9.2CH3.2ClH.H2Si.Zr/c1-2-3-6-11-9-10-12-7-4-5-8-13(11)12;1-8-6-9-4-2-3-5-10(9)7-8;;;;;;/h4-5,7-10H,2-3,6H2,1H3;2-7H,1H3;2*1H3;2*1H;1H2;. The molecule has 4 rings (SSSR count). The summed E-state index contributed by atoms with van der Waals surface area (Å²) in [7, 11) is 0. The Morgan fingerprint density at radius 1 is 0.931 bits per heavy atom. The predicted molar refractivity (Wildman–Crippen MR) is 134 cm³/mol. The molecule has 2 atom stereocenters. The molecule has 0 aliphatic heterocycles. The zero-order chi connectivity index (χ0) is 19.3. The minimum absolute atomic E-state index is 0. The van der Waals surface area contributed by atoms with Gasteiger partial charge in [-0.25, -0.2) is 0 Å². The quantitative estimate of drug-likeness (QED) is 0.353. The normalized spacial score (nSPS) is 20.0. The molecule has 0 bridgehead atoms. The van der Waals surface area contributed by atoms with Crippen LogP contribution in [0.15, 0.2) is 60.2 Å². The summed E-state index contributed by atoms with van der Waals surface area (Å²) in [5.41, 5.74) is 9.41. The van der Waals surface area contributed by atoms with E-state index in [2.05, 4.69) is 90.7 Å². The molecule has 2 aromatic carbocycles. The van der Waals surface area contributed by atoms with Crippen LogP contribution in [0, 0.1) is 0 Å². The van der Waals surface area contributed by atoms with Crippen molar-refractivity contribution >= 4 is 43.3 Å². The molecule has 29 heavy (non-hydrogen) atoms. The van der Waals surface area contributed by atoms with E-state index in [4.69, 9.17) is 0 Å². The minimum Gasteiger partial charge on any atom is -0.147 e. The van der Waals surface area contributed by atoms with E-state index in [1.165, 1.54) is 24.8 Å². The number of rotatable bonds is 5. The third-order valence-corrected chi connectivity index (χ3v) is 24.7. The fourth-order valence-corrected chi connectivity index (χ4v) is 23.8.